The van der Waals surface area contributed by atoms with Crippen LogP contribution in [0, 0.1) is 5.21 Å². The number of hydrogen-bond donors (Lipinski definition) is 3. The second kappa shape index (κ2) is 18.9. The van der Waals surface area contributed by atoms with E-state index in [-0.39, 0.29) is 11.6 Å². The number of nitrogens with one attached hydrogen (secondary N) is 1. The molecular formula is C20H41NO3. The van der Waals surface area contributed by atoms with Crippen LogP contribution in [0.25, 0.3) is 0 Å². The number of aliphatic hydroxyl groups is 2. The van der Waals surface area contributed by atoms with Crippen LogP contribution >= 0.6 is 0 Å². The molecule has 0 fully saturated rings. The number of unbranched alkanes of at least 4 members (excludes halogenated alkanes) is 12. The van der Waals surface area contributed by atoms with Crippen molar-refractivity contribution < 1.29 is 15.3 Å². The topological polar surface area (TPSA) is 68.0 Å². The summed E-state index contributed by atoms with van der Waals surface area (Å²) in [7, 11) is 0. The van der Waals surface area contributed by atoms with Gasteiger partial charge in [0, 0.05) is 0 Å². The average Bonchev–Trinajstić information content (AvgIpc) is 2.53. The summed E-state index contributed by atoms with van der Waals surface area (Å²) in [5, 5.41) is 28.6. The van der Waals surface area contributed by atoms with Crippen molar-refractivity contribution >= 4 is 0 Å². The second-order valence-corrected chi connectivity index (χ2v) is 6.91. The first-order valence-electron chi connectivity index (χ1n) is 10.2. The molecule has 144 valence electrons. The Labute approximate surface area is 149 Å². The van der Waals surface area contributed by atoms with Gasteiger partial charge in [-0.1, -0.05) is 70.4 Å². The molecule has 1 atom stereocenters. The van der Waals surface area contributed by atoms with E-state index in [1.54, 1.807) is 0 Å². The Morgan fingerprint density at radius 3 is 1.71 bits per heavy atom. The summed E-state index contributed by atoms with van der Waals surface area (Å²) in [6, 6.07) is 0. The first-order valence-corrected chi connectivity index (χ1v) is 10.2. The van der Waals surface area contributed by atoms with Crippen molar-refractivity contribution in [3.05, 3.63) is 17.4 Å². The maximum atomic E-state index is 11.3. The summed E-state index contributed by atoms with van der Waals surface area (Å²) in [4.78, 5) is 0. The monoisotopic (exact) mass is 343 g/mol. The van der Waals surface area contributed by atoms with E-state index >= 15 is 0 Å². The quantitative estimate of drug-likeness (QED) is 0.154. The Bertz CT molecular complexity index is 270. The Morgan fingerprint density at radius 1 is 0.750 bits per heavy atom. The summed E-state index contributed by atoms with van der Waals surface area (Å²) in [5.74, 6) is 0. The molecule has 3 N–H and O–H groups in total. The van der Waals surface area contributed by atoms with Crippen molar-refractivity contribution in [3.8, 4) is 0 Å². The van der Waals surface area contributed by atoms with Crippen LogP contribution in [0.3, 0.4) is 0 Å². The smallest absolute Gasteiger partial charge is 0.202 e. The molecule has 0 rings (SSSR count). The minimum atomic E-state index is -1.48. The fourth-order valence-electron chi connectivity index (χ4n) is 2.88. The summed E-state index contributed by atoms with van der Waals surface area (Å²) >= 11 is 0. The minimum Gasteiger partial charge on any atom is -0.634 e. The van der Waals surface area contributed by atoms with E-state index in [0.717, 1.165) is 12.8 Å². The van der Waals surface area contributed by atoms with Crippen molar-refractivity contribution in [3.63, 3.8) is 0 Å². The van der Waals surface area contributed by atoms with Gasteiger partial charge in [0.15, 0.2) is 0 Å². The molecule has 0 aliphatic heterocycles. The van der Waals surface area contributed by atoms with Crippen LogP contribution < -0.4 is 5.06 Å². The molecule has 0 aromatic heterocycles. The molecule has 0 aliphatic carbocycles. The van der Waals surface area contributed by atoms with Gasteiger partial charge in [-0.15, -0.1) is 0 Å². The van der Waals surface area contributed by atoms with Gasteiger partial charge in [-0.25, -0.2) is 0 Å². The molecule has 4 nitrogen and oxygen atoms in total. The highest BCUT2D eigenvalue weighted by molar-refractivity contribution is 4.81. The first-order chi connectivity index (χ1) is 11.7. The number of hydrogen-bond acceptors (Lipinski definition) is 3. The van der Waals surface area contributed by atoms with Gasteiger partial charge in [-0.05, 0) is 38.5 Å². The lowest BCUT2D eigenvalue weighted by Gasteiger charge is -2.22. The van der Waals surface area contributed by atoms with Gasteiger partial charge in [0.25, 0.3) is 0 Å². The third-order valence-corrected chi connectivity index (χ3v) is 4.38. The van der Waals surface area contributed by atoms with Crippen LogP contribution in [0.2, 0.25) is 0 Å². The molecule has 0 saturated carbocycles. The van der Waals surface area contributed by atoms with Gasteiger partial charge in [-0.2, -0.15) is 0 Å². The molecule has 0 spiro atoms. The van der Waals surface area contributed by atoms with Gasteiger partial charge < -0.3 is 20.5 Å². The van der Waals surface area contributed by atoms with Crippen molar-refractivity contribution in [1.29, 1.82) is 0 Å². The summed E-state index contributed by atoms with van der Waals surface area (Å²) < 4.78 is 0. The molecule has 4 heteroatoms. The summed E-state index contributed by atoms with van der Waals surface area (Å²) in [5.41, 5.74) is 0. The number of hydroxylamine groups is 2. The van der Waals surface area contributed by atoms with E-state index in [0.29, 0.717) is 6.54 Å². The molecule has 0 aromatic carbocycles. The van der Waals surface area contributed by atoms with Crippen molar-refractivity contribution in [2.45, 2.75) is 103 Å². The summed E-state index contributed by atoms with van der Waals surface area (Å²) in [6.07, 6.45) is 20.8. The standard InChI is InChI=1S/C20H41NO3/c1-2-3-4-5-6-7-8-9-10-11-12-13-14-15-16-17-18-21(24)19-20(22)23/h9-10,20-23H,2-8,11-19H2,1H3/b10-9-. The molecule has 1 unspecified atom stereocenters. The van der Waals surface area contributed by atoms with Gasteiger partial charge in [0.2, 0.25) is 6.29 Å². The molecule has 0 amide bonds. The van der Waals surface area contributed by atoms with Crippen LogP contribution in [-0.4, -0.2) is 29.6 Å². The Balaban J connectivity index is 3.15. The average molecular weight is 344 g/mol. The molecule has 0 radical (unpaired) electrons. The minimum absolute atomic E-state index is 0.0412. The highest BCUT2D eigenvalue weighted by Gasteiger charge is 2.03. The molecule has 0 saturated heterocycles. The fourth-order valence-corrected chi connectivity index (χ4v) is 2.88. The first kappa shape index (κ1) is 23.6. The van der Waals surface area contributed by atoms with E-state index in [2.05, 4.69) is 19.1 Å². The molecule has 0 heterocycles. The van der Waals surface area contributed by atoms with Gasteiger partial charge in [0.1, 0.15) is 6.54 Å². The lowest BCUT2D eigenvalue weighted by atomic mass is 10.1. The predicted octanol–water partition coefficient (Wildman–Crippen LogP) is 3.72. The Kier molecular flexibility index (Phi) is 18.6. The number of quaternary nitrogens is 1. The van der Waals surface area contributed by atoms with E-state index in [4.69, 9.17) is 10.2 Å². The third kappa shape index (κ3) is 19.6. The number of aliphatic hydroxyl groups excluding tert-OH is 1. The molecule has 24 heavy (non-hydrogen) atoms. The van der Waals surface area contributed by atoms with Crippen LogP contribution in [-0.2, 0) is 0 Å². The van der Waals surface area contributed by atoms with Gasteiger partial charge in [0.05, 0.1) is 6.54 Å². The van der Waals surface area contributed by atoms with E-state index in [9.17, 15) is 5.21 Å². The Hall–Kier alpha value is -0.420. The normalized spacial score (nSPS) is 13.2. The second-order valence-electron chi connectivity index (χ2n) is 6.91. The summed E-state index contributed by atoms with van der Waals surface area (Å²) in [6.45, 7) is 2.62. The van der Waals surface area contributed by atoms with E-state index in [1.807, 2.05) is 0 Å². The van der Waals surface area contributed by atoms with Crippen LogP contribution in [0.5, 0.6) is 0 Å². The van der Waals surface area contributed by atoms with Crippen LogP contribution in [0.4, 0.5) is 0 Å². The lowest BCUT2D eigenvalue weighted by Crippen LogP contribution is -3.08. The molecular weight excluding hydrogens is 302 g/mol. The van der Waals surface area contributed by atoms with E-state index in [1.165, 1.54) is 77.0 Å². The third-order valence-electron chi connectivity index (χ3n) is 4.38. The highest BCUT2D eigenvalue weighted by Crippen LogP contribution is 2.09. The van der Waals surface area contributed by atoms with Crippen LogP contribution in [0.1, 0.15) is 96.8 Å². The maximum absolute atomic E-state index is 11.3. The zero-order valence-corrected chi connectivity index (χ0v) is 15.8. The molecule has 0 bridgehead atoms. The number of allylic oxidation sites excluding steroid dienone is 2. The van der Waals surface area contributed by atoms with Gasteiger partial charge in [-0.3, -0.25) is 0 Å². The van der Waals surface area contributed by atoms with Crippen molar-refractivity contribution in [2.24, 2.45) is 0 Å². The maximum Gasteiger partial charge on any atom is 0.202 e. The largest absolute Gasteiger partial charge is 0.634 e. The van der Waals surface area contributed by atoms with Crippen molar-refractivity contribution in [1.82, 2.24) is 0 Å². The van der Waals surface area contributed by atoms with Crippen LogP contribution in [0.15, 0.2) is 12.2 Å². The van der Waals surface area contributed by atoms with Gasteiger partial charge >= 0.3 is 0 Å². The zero-order valence-electron chi connectivity index (χ0n) is 15.8. The lowest BCUT2D eigenvalue weighted by molar-refractivity contribution is -0.855. The molecule has 0 aromatic rings. The SMILES string of the molecule is CCCCCCCC/C=C\CCCCCCCC[NH+]([O-])CC(O)O. The predicted molar refractivity (Wildman–Crippen MR) is 102 cm³/mol. The highest BCUT2D eigenvalue weighted by atomic mass is 16.5. The Morgan fingerprint density at radius 2 is 1.21 bits per heavy atom. The van der Waals surface area contributed by atoms with E-state index < -0.39 is 6.29 Å². The fraction of sp³-hybridized carbons (Fsp3) is 0.900. The van der Waals surface area contributed by atoms with Crippen molar-refractivity contribution in [2.75, 3.05) is 13.1 Å². The zero-order chi connectivity index (χ0) is 17.9. The number of rotatable bonds is 18. The molecule has 0 aliphatic rings.